The summed E-state index contributed by atoms with van der Waals surface area (Å²) in [6, 6.07) is 17.4. The first-order chi connectivity index (χ1) is 9.33. The zero-order valence-electron chi connectivity index (χ0n) is 11.3. The van der Waals surface area contributed by atoms with Gasteiger partial charge >= 0.3 is 0 Å². The number of halogens is 2. The molecule has 0 aliphatic heterocycles. The lowest BCUT2D eigenvalue weighted by Crippen LogP contribution is -2.16. The quantitative estimate of drug-likeness (QED) is 0.873. The van der Waals surface area contributed by atoms with E-state index in [2.05, 4.69) is 35.6 Å². The molecular formula is C17H19ClFN. The second kappa shape index (κ2) is 6.87. The van der Waals surface area contributed by atoms with E-state index in [0.717, 1.165) is 30.5 Å². The molecule has 3 heteroatoms. The molecule has 1 fully saturated rings. The Balaban J connectivity index is 0.00000147. The van der Waals surface area contributed by atoms with Crippen LogP contribution in [-0.4, -0.2) is 6.54 Å². The van der Waals surface area contributed by atoms with Crippen molar-refractivity contribution in [2.75, 3.05) is 6.54 Å². The lowest BCUT2D eigenvalue weighted by atomic mass is 10.1. The second-order valence-electron chi connectivity index (χ2n) is 5.27. The molecular weight excluding hydrogens is 273 g/mol. The van der Waals surface area contributed by atoms with Crippen molar-refractivity contribution in [1.29, 1.82) is 0 Å². The molecule has 0 radical (unpaired) electrons. The summed E-state index contributed by atoms with van der Waals surface area (Å²) >= 11 is 0. The van der Waals surface area contributed by atoms with Gasteiger partial charge in [0.2, 0.25) is 0 Å². The molecule has 2 unspecified atom stereocenters. The van der Waals surface area contributed by atoms with Gasteiger partial charge in [-0.3, -0.25) is 0 Å². The Bertz CT molecular complexity index is 526. The van der Waals surface area contributed by atoms with E-state index in [1.165, 1.54) is 24.1 Å². The maximum absolute atomic E-state index is 12.8. The van der Waals surface area contributed by atoms with Gasteiger partial charge in [0.15, 0.2) is 0 Å². The van der Waals surface area contributed by atoms with Crippen LogP contribution in [0.25, 0.3) is 0 Å². The summed E-state index contributed by atoms with van der Waals surface area (Å²) in [6.45, 7) is 1.86. The third kappa shape index (κ3) is 3.81. The molecule has 3 rings (SSSR count). The van der Waals surface area contributed by atoms with Crippen molar-refractivity contribution < 1.29 is 4.39 Å². The first-order valence-corrected chi connectivity index (χ1v) is 6.83. The van der Waals surface area contributed by atoms with Crippen molar-refractivity contribution in [2.24, 2.45) is 5.92 Å². The van der Waals surface area contributed by atoms with E-state index in [4.69, 9.17) is 0 Å². The van der Waals surface area contributed by atoms with E-state index in [1.807, 2.05) is 12.1 Å². The summed E-state index contributed by atoms with van der Waals surface area (Å²) in [4.78, 5) is 0. The number of benzene rings is 2. The summed E-state index contributed by atoms with van der Waals surface area (Å²) in [5.41, 5.74) is 2.59. The van der Waals surface area contributed by atoms with Gasteiger partial charge < -0.3 is 5.32 Å². The standard InChI is InChI=1S/C17H18FN.ClH/c18-16-8-6-13(7-9-16)11-19-12-15-10-17(15)14-4-2-1-3-5-14;/h1-9,15,17,19H,10-12H2;1H. The van der Waals surface area contributed by atoms with Gasteiger partial charge in [0, 0.05) is 6.54 Å². The highest BCUT2D eigenvalue weighted by molar-refractivity contribution is 5.85. The SMILES string of the molecule is Cl.Fc1ccc(CNCC2CC2c2ccccc2)cc1. The van der Waals surface area contributed by atoms with Crippen LogP contribution in [0, 0.1) is 11.7 Å². The third-order valence-electron chi connectivity index (χ3n) is 3.80. The molecule has 20 heavy (non-hydrogen) atoms. The third-order valence-corrected chi connectivity index (χ3v) is 3.80. The molecule has 1 aliphatic carbocycles. The van der Waals surface area contributed by atoms with Gasteiger partial charge in [0.05, 0.1) is 0 Å². The van der Waals surface area contributed by atoms with Crippen LogP contribution in [0.4, 0.5) is 4.39 Å². The molecule has 1 saturated carbocycles. The fourth-order valence-electron chi connectivity index (χ4n) is 2.59. The van der Waals surface area contributed by atoms with Crippen LogP contribution in [0.1, 0.15) is 23.5 Å². The zero-order chi connectivity index (χ0) is 13.1. The fraction of sp³-hybridized carbons (Fsp3) is 0.294. The first kappa shape index (κ1) is 15.0. The van der Waals surface area contributed by atoms with E-state index in [-0.39, 0.29) is 18.2 Å². The Morgan fingerprint density at radius 2 is 1.70 bits per heavy atom. The second-order valence-corrected chi connectivity index (χ2v) is 5.27. The largest absolute Gasteiger partial charge is 0.312 e. The predicted octanol–water partition coefficient (Wildman–Crippen LogP) is 4.14. The van der Waals surface area contributed by atoms with Crippen LogP contribution >= 0.6 is 12.4 Å². The minimum absolute atomic E-state index is 0. The Hall–Kier alpha value is -1.38. The van der Waals surface area contributed by atoms with Crippen molar-refractivity contribution in [1.82, 2.24) is 5.32 Å². The monoisotopic (exact) mass is 291 g/mol. The lowest BCUT2D eigenvalue weighted by Gasteiger charge is -2.05. The maximum atomic E-state index is 12.8. The van der Waals surface area contributed by atoms with E-state index in [1.54, 1.807) is 0 Å². The van der Waals surface area contributed by atoms with E-state index in [0.29, 0.717) is 0 Å². The van der Waals surface area contributed by atoms with Gasteiger partial charge in [-0.2, -0.15) is 0 Å². The molecule has 0 amide bonds. The lowest BCUT2D eigenvalue weighted by molar-refractivity contribution is 0.616. The molecule has 1 N–H and O–H groups in total. The minimum atomic E-state index is -0.171. The molecule has 0 aromatic heterocycles. The molecule has 2 aromatic rings. The Kier molecular flexibility index (Phi) is 5.16. The van der Waals surface area contributed by atoms with Crippen LogP contribution in [0.3, 0.4) is 0 Å². The molecule has 1 nitrogen and oxygen atoms in total. The van der Waals surface area contributed by atoms with Crippen molar-refractivity contribution in [3.05, 3.63) is 71.5 Å². The average Bonchev–Trinajstić information content (AvgIpc) is 3.22. The average molecular weight is 292 g/mol. The molecule has 0 bridgehead atoms. The number of nitrogens with one attached hydrogen (secondary N) is 1. The van der Waals surface area contributed by atoms with Crippen LogP contribution in [0.2, 0.25) is 0 Å². The molecule has 2 atom stereocenters. The summed E-state index contributed by atoms with van der Waals surface area (Å²) in [6.07, 6.45) is 1.28. The molecule has 2 aromatic carbocycles. The molecule has 0 spiro atoms. The number of hydrogen-bond acceptors (Lipinski definition) is 1. The van der Waals surface area contributed by atoms with E-state index < -0.39 is 0 Å². The van der Waals surface area contributed by atoms with Gasteiger partial charge in [-0.05, 0) is 48.1 Å². The molecule has 0 heterocycles. The van der Waals surface area contributed by atoms with E-state index in [9.17, 15) is 4.39 Å². The minimum Gasteiger partial charge on any atom is -0.312 e. The fourth-order valence-corrected chi connectivity index (χ4v) is 2.59. The molecule has 0 saturated heterocycles. The Labute approximate surface area is 125 Å². The van der Waals surface area contributed by atoms with Crippen molar-refractivity contribution in [2.45, 2.75) is 18.9 Å². The maximum Gasteiger partial charge on any atom is 0.123 e. The van der Waals surface area contributed by atoms with E-state index >= 15 is 0 Å². The Morgan fingerprint density at radius 3 is 2.40 bits per heavy atom. The topological polar surface area (TPSA) is 12.0 Å². The van der Waals surface area contributed by atoms with Gasteiger partial charge in [-0.15, -0.1) is 12.4 Å². The zero-order valence-corrected chi connectivity index (χ0v) is 12.1. The highest BCUT2D eigenvalue weighted by Crippen LogP contribution is 2.46. The van der Waals surface area contributed by atoms with Gasteiger partial charge in [0.25, 0.3) is 0 Å². The highest BCUT2D eigenvalue weighted by Gasteiger charge is 2.37. The Morgan fingerprint density at radius 1 is 1.00 bits per heavy atom. The van der Waals surface area contributed by atoms with Gasteiger partial charge in [-0.1, -0.05) is 42.5 Å². The summed E-state index contributed by atoms with van der Waals surface area (Å²) in [5, 5.41) is 3.46. The van der Waals surface area contributed by atoms with Crippen LogP contribution < -0.4 is 5.32 Å². The summed E-state index contributed by atoms with van der Waals surface area (Å²) in [7, 11) is 0. The van der Waals surface area contributed by atoms with Gasteiger partial charge in [0.1, 0.15) is 5.82 Å². The summed E-state index contributed by atoms with van der Waals surface area (Å²) < 4.78 is 12.8. The predicted molar refractivity (Wildman–Crippen MR) is 82.6 cm³/mol. The number of hydrogen-bond donors (Lipinski definition) is 1. The normalized spacial score (nSPS) is 20.2. The van der Waals surface area contributed by atoms with Crippen LogP contribution in [0.5, 0.6) is 0 Å². The summed E-state index contributed by atoms with van der Waals surface area (Å²) in [5.74, 6) is 1.31. The first-order valence-electron chi connectivity index (χ1n) is 6.83. The number of rotatable bonds is 5. The van der Waals surface area contributed by atoms with Crippen LogP contribution in [0.15, 0.2) is 54.6 Å². The van der Waals surface area contributed by atoms with Gasteiger partial charge in [-0.25, -0.2) is 4.39 Å². The van der Waals surface area contributed by atoms with Crippen molar-refractivity contribution in [3.63, 3.8) is 0 Å². The highest BCUT2D eigenvalue weighted by atomic mass is 35.5. The molecule has 1 aliphatic rings. The van der Waals surface area contributed by atoms with Crippen LogP contribution in [-0.2, 0) is 6.54 Å². The smallest absolute Gasteiger partial charge is 0.123 e. The van der Waals surface area contributed by atoms with Crippen molar-refractivity contribution in [3.8, 4) is 0 Å². The van der Waals surface area contributed by atoms with Crippen molar-refractivity contribution >= 4 is 12.4 Å². The molecule has 106 valence electrons.